The Morgan fingerprint density at radius 1 is 1.38 bits per heavy atom. The third-order valence-electron chi connectivity index (χ3n) is 3.08. The van der Waals surface area contributed by atoms with E-state index >= 15 is 0 Å². The van der Waals surface area contributed by atoms with Gasteiger partial charge in [0, 0.05) is 12.6 Å². The van der Waals surface area contributed by atoms with Crippen LogP contribution in [0, 0.1) is 5.41 Å². The van der Waals surface area contributed by atoms with Gasteiger partial charge in [0.05, 0.1) is 16.9 Å². The molecule has 94 valence electrons. The van der Waals surface area contributed by atoms with Gasteiger partial charge in [-0.25, -0.2) is 8.42 Å². The number of nitrogens with two attached hydrogens (primary N) is 1. The summed E-state index contributed by atoms with van der Waals surface area (Å²) in [7, 11) is -2.96. The van der Waals surface area contributed by atoms with E-state index in [2.05, 4.69) is 5.32 Å². The first-order chi connectivity index (χ1) is 7.31. The number of rotatable bonds is 3. The number of sulfone groups is 1. The van der Waals surface area contributed by atoms with E-state index in [-0.39, 0.29) is 30.0 Å². The zero-order valence-electron chi connectivity index (χ0n) is 9.82. The first kappa shape index (κ1) is 13.4. The molecule has 0 radical (unpaired) electrons. The lowest BCUT2D eigenvalue weighted by atomic mass is 9.81. The van der Waals surface area contributed by atoms with Gasteiger partial charge in [0.1, 0.15) is 9.84 Å². The van der Waals surface area contributed by atoms with Crippen molar-refractivity contribution < 1.29 is 13.2 Å². The van der Waals surface area contributed by atoms with Gasteiger partial charge in [0.25, 0.3) is 0 Å². The summed E-state index contributed by atoms with van der Waals surface area (Å²) in [5.74, 6) is 0.0192. The minimum absolute atomic E-state index is 0.0504. The van der Waals surface area contributed by atoms with Crippen LogP contribution in [-0.2, 0) is 14.6 Å². The number of amides is 1. The van der Waals surface area contributed by atoms with Gasteiger partial charge in [-0.3, -0.25) is 4.79 Å². The highest BCUT2D eigenvalue weighted by Gasteiger charge is 2.42. The molecule has 0 atom stereocenters. The van der Waals surface area contributed by atoms with Crippen molar-refractivity contribution in [3.8, 4) is 0 Å². The fraction of sp³-hybridized carbons (Fsp3) is 0.900. The quantitative estimate of drug-likeness (QED) is 0.715. The van der Waals surface area contributed by atoms with Crippen molar-refractivity contribution in [1.29, 1.82) is 0 Å². The molecule has 1 saturated heterocycles. The summed E-state index contributed by atoms with van der Waals surface area (Å²) in [6.07, 6.45) is 0.675. The fourth-order valence-electron chi connectivity index (χ4n) is 1.87. The molecule has 0 aromatic carbocycles. The van der Waals surface area contributed by atoms with E-state index in [4.69, 9.17) is 5.73 Å². The topological polar surface area (TPSA) is 89.3 Å². The van der Waals surface area contributed by atoms with E-state index in [0.717, 1.165) is 0 Å². The van der Waals surface area contributed by atoms with Crippen molar-refractivity contribution in [3.05, 3.63) is 0 Å². The molecule has 16 heavy (non-hydrogen) atoms. The lowest BCUT2D eigenvalue weighted by Gasteiger charge is -2.35. The zero-order chi connectivity index (χ0) is 12.4. The molecule has 1 aliphatic heterocycles. The third kappa shape index (κ3) is 2.95. The van der Waals surface area contributed by atoms with Crippen molar-refractivity contribution in [3.63, 3.8) is 0 Å². The lowest BCUT2D eigenvalue weighted by molar-refractivity contribution is -0.131. The maximum absolute atomic E-state index is 12.0. The summed E-state index contributed by atoms with van der Waals surface area (Å²) in [5, 5.41) is 2.82. The SMILES string of the molecule is CC(C)NC(=O)C1(CN)CCS(=O)(=O)CC1. The predicted octanol–water partition coefficient (Wildman–Crippen LogP) is -0.335. The van der Waals surface area contributed by atoms with Crippen LogP contribution in [0.4, 0.5) is 0 Å². The van der Waals surface area contributed by atoms with Crippen molar-refractivity contribution in [2.75, 3.05) is 18.1 Å². The minimum Gasteiger partial charge on any atom is -0.353 e. The Balaban J connectivity index is 2.77. The van der Waals surface area contributed by atoms with Crippen molar-refractivity contribution >= 4 is 15.7 Å². The second-order valence-corrected chi connectivity index (χ2v) is 7.07. The highest BCUT2D eigenvalue weighted by atomic mass is 32.2. The average molecular weight is 248 g/mol. The average Bonchev–Trinajstić information content (AvgIpc) is 2.17. The second kappa shape index (κ2) is 4.71. The van der Waals surface area contributed by atoms with E-state index in [9.17, 15) is 13.2 Å². The number of hydrogen-bond donors (Lipinski definition) is 2. The first-order valence-electron chi connectivity index (χ1n) is 5.53. The summed E-state index contributed by atoms with van der Waals surface area (Å²) in [6, 6.07) is 0.0504. The van der Waals surface area contributed by atoms with Crippen LogP contribution >= 0.6 is 0 Å². The normalized spacial score (nSPS) is 23.0. The molecule has 6 heteroatoms. The molecule has 0 aliphatic carbocycles. The van der Waals surface area contributed by atoms with Gasteiger partial charge in [0.2, 0.25) is 5.91 Å². The molecule has 1 rings (SSSR count). The van der Waals surface area contributed by atoms with Crippen LogP contribution < -0.4 is 11.1 Å². The molecular weight excluding hydrogens is 228 g/mol. The zero-order valence-corrected chi connectivity index (χ0v) is 10.6. The standard InChI is InChI=1S/C10H20N2O3S/c1-8(2)12-9(13)10(7-11)3-5-16(14,15)6-4-10/h8H,3-7,11H2,1-2H3,(H,12,13). The van der Waals surface area contributed by atoms with E-state index in [1.54, 1.807) is 0 Å². The molecule has 0 unspecified atom stereocenters. The van der Waals surface area contributed by atoms with Crippen LogP contribution in [0.1, 0.15) is 26.7 Å². The molecule has 0 aromatic rings. The summed E-state index contributed by atoms with van der Waals surface area (Å²) >= 11 is 0. The molecule has 1 heterocycles. The summed E-state index contributed by atoms with van der Waals surface area (Å²) < 4.78 is 22.7. The van der Waals surface area contributed by atoms with Gasteiger partial charge in [-0.05, 0) is 26.7 Å². The van der Waals surface area contributed by atoms with Gasteiger partial charge >= 0.3 is 0 Å². The van der Waals surface area contributed by atoms with Crippen LogP contribution in [0.15, 0.2) is 0 Å². The third-order valence-corrected chi connectivity index (χ3v) is 4.73. The van der Waals surface area contributed by atoms with Crippen molar-refractivity contribution in [2.24, 2.45) is 11.1 Å². The molecule has 0 aromatic heterocycles. The second-order valence-electron chi connectivity index (χ2n) is 4.76. The Morgan fingerprint density at radius 3 is 2.25 bits per heavy atom. The maximum atomic E-state index is 12.0. The smallest absolute Gasteiger partial charge is 0.227 e. The van der Waals surface area contributed by atoms with Crippen LogP contribution in [0.5, 0.6) is 0 Å². The highest BCUT2D eigenvalue weighted by molar-refractivity contribution is 7.91. The monoisotopic (exact) mass is 248 g/mol. The number of hydrogen-bond acceptors (Lipinski definition) is 4. The van der Waals surface area contributed by atoms with E-state index in [1.807, 2.05) is 13.8 Å². The van der Waals surface area contributed by atoms with Crippen LogP contribution in [-0.4, -0.2) is 38.4 Å². The minimum atomic E-state index is -2.96. The van der Waals surface area contributed by atoms with E-state index in [1.165, 1.54) is 0 Å². The molecule has 1 fully saturated rings. The summed E-state index contributed by atoms with van der Waals surface area (Å²) in [6.45, 7) is 3.96. The van der Waals surface area contributed by atoms with Crippen molar-refractivity contribution in [1.82, 2.24) is 5.32 Å². The Hall–Kier alpha value is -0.620. The predicted molar refractivity (Wildman–Crippen MR) is 62.7 cm³/mol. The van der Waals surface area contributed by atoms with Gasteiger partial charge in [-0.15, -0.1) is 0 Å². The molecule has 3 N–H and O–H groups in total. The van der Waals surface area contributed by atoms with Crippen LogP contribution in [0.25, 0.3) is 0 Å². The van der Waals surface area contributed by atoms with Crippen LogP contribution in [0.3, 0.4) is 0 Å². The maximum Gasteiger partial charge on any atom is 0.227 e. The lowest BCUT2D eigenvalue weighted by Crippen LogP contribution is -2.51. The molecule has 1 aliphatic rings. The van der Waals surface area contributed by atoms with Gasteiger partial charge < -0.3 is 11.1 Å². The van der Waals surface area contributed by atoms with Crippen molar-refractivity contribution in [2.45, 2.75) is 32.7 Å². The number of carbonyl (C=O) groups is 1. The van der Waals surface area contributed by atoms with E-state index < -0.39 is 15.3 Å². The fourth-order valence-corrected chi connectivity index (χ4v) is 3.48. The highest BCUT2D eigenvalue weighted by Crippen LogP contribution is 2.31. The molecule has 0 saturated carbocycles. The molecule has 1 amide bonds. The van der Waals surface area contributed by atoms with Gasteiger partial charge in [0.15, 0.2) is 0 Å². The van der Waals surface area contributed by atoms with Gasteiger partial charge in [-0.2, -0.15) is 0 Å². The largest absolute Gasteiger partial charge is 0.353 e. The number of nitrogens with one attached hydrogen (secondary N) is 1. The molecular formula is C10H20N2O3S. The number of carbonyl (C=O) groups excluding carboxylic acids is 1. The Kier molecular flexibility index (Phi) is 3.96. The molecule has 0 bridgehead atoms. The Bertz CT molecular complexity index is 348. The summed E-state index contributed by atoms with van der Waals surface area (Å²) in [4.78, 5) is 12.0. The Labute approximate surface area is 96.7 Å². The molecule has 5 nitrogen and oxygen atoms in total. The summed E-state index contributed by atoms with van der Waals surface area (Å²) in [5.41, 5.74) is 4.96. The van der Waals surface area contributed by atoms with Gasteiger partial charge in [-0.1, -0.05) is 0 Å². The first-order valence-corrected chi connectivity index (χ1v) is 7.35. The van der Waals surface area contributed by atoms with E-state index in [0.29, 0.717) is 12.8 Å². The molecule has 0 spiro atoms. The van der Waals surface area contributed by atoms with Crippen LogP contribution in [0.2, 0.25) is 0 Å². The Morgan fingerprint density at radius 2 is 1.88 bits per heavy atom.